The monoisotopic (exact) mass is 197 g/mol. The van der Waals surface area contributed by atoms with E-state index in [1.165, 1.54) is 0 Å². The average molecular weight is 197 g/mol. The van der Waals surface area contributed by atoms with Crippen molar-refractivity contribution in [2.75, 3.05) is 5.73 Å². The van der Waals surface area contributed by atoms with Gasteiger partial charge in [0.2, 0.25) is 0 Å². The Morgan fingerprint density at radius 2 is 1.87 bits per heavy atom. The molecular weight excluding hydrogens is 186 g/mol. The number of hydrogen-bond donors (Lipinski definition) is 1. The molecule has 1 heterocycles. The molecule has 0 saturated heterocycles. The van der Waals surface area contributed by atoms with Gasteiger partial charge in [-0.1, -0.05) is 24.3 Å². The summed E-state index contributed by atoms with van der Waals surface area (Å²) in [4.78, 5) is 0. The van der Waals surface area contributed by atoms with E-state index in [4.69, 9.17) is 10.2 Å². The van der Waals surface area contributed by atoms with Gasteiger partial charge in [0.1, 0.15) is 11.2 Å². The Morgan fingerprint density at radius 3 is 2.73 bits per heavy atom. The number of anilines is 1. The minimum absolute atomic E-state index is 0.778. The van der Waals surface area contributed by atoms with Gasteiger partial charge in [-0.15, -0.1) is 0 Å². The lowest BCUT2D eigenvalue weighted by Crippen LogP contribution is -1.85. The smallest absolute Gasteiger partial charge is 0.140 e. The molecule has 74 valence electrons. The van der Waals surface area contributed by atoms with Crippen LogP contribution in [0.15, 0.2) is 40.8 Å². The van der Waals surface area contributed by atoms with Crippen LogP contribution in [0, 0.1) is 6.92 Å². The highest BCUT2D eigenvalue weighted by molar-refractivity contribution is 6.11. The summed E-state index contributed by atoms with van der Waals surface area (Å²) in [7, 11) is 0. The molecule has 0 radical (unpaired) electrons. The van der Waals surface area contributed by atoms with E-state index in [0.717, 1.165) is 33.2 Å². The lowest BCUT2D eigenvalue weighted by molar-refractivity contribution is 0.666. The van der Waals surface area contributed by atoms with Crippen molar-refractivity contribution in [2.24, 2.45) is 0 Å². The van der Waals surface area contributed by atoms with E-state index >= 15 is 0 Å². The number of nitrogen functional groups attached to an aromatic ring is 1. The minimum atomic E-state index is 0.778. The second-order valence-electron chi connectivity index (χ2n) is 3.77. The van der Waals surface area contributed by atoms with Crippen LogP contribution in [0.4, 0.5) is 5.69 Å². The normalized spacial score (nSPS) is 11.3. The van der Waals surface area contributed by atoms with Crippen molar-refractivity contribution < 1.29 is 4.42 Å². The van der Waals surface area contributed by atoms with E-state index < -0.39 is 0 Å². The molecule has 2 N–H and O–H groups in total. The zero-order valence-corrected chi connectivity index (χ0v) is 8.45. The molecule has 3 rings (SSSR count). The maximum Gasteiger partial charge on any atom is 0.140 e. The van der Waals surface area contributed by atoms with E-state index in [0.29, 0.717) is 0 Å². The first-order valence-corrected chi connectivity index (χ1v) is 4.93. The number of rotatable bonds is 0. The van der Waals surface area contributed by atoms with Gasteiger partial charge in [-0.3, -0.25) is 0 Å². The maximum atomic E-state index is 5.98. The third-order valence-electron chi connectivity index (χ3n) is 2.76. The van der Waals surface area contributed by atoms with Gasteiger partial charge in [0.25, 0.3) is 0 Å². The van der Waals surface area contributed by atoms with Crippen LogP contribution in [-0.4, -0.2) is 0 Å². The van der Waals surface area contributed by atoms with E-state index in [2.05, 4.69) is 0 Å². The molecule has 2 nitrogen and oxygen atoms in total. The van der Waals surface area contributed by atoms with Crippen LogP contribution in [0.2, 0.25) is 0 Å². The number of furan rings is 1. The summed E-state index contributed by atoms with van der Waals surface area (Å²) in [5, 5.41) is 2.12. The molecule has 1 aromatic heterocycles. The van der Waals surface area contributed by atoms with Crippen molar-refractivity contribution in [3.05, 3.63) is 42.0 Å². The predicted octanol–water partition coefficient (Wildman–Crippen LogP) is 3.48. The fourth-order valence-corrected chi connectivity index (χ4v) is 1.98. The molecule has 0 aliphatic carbocycles. The molecule has 0 saturated carbocycles. The second-order valence-corrected chi connectivity index (χ2v) is 3.77. The number of aryl methyl sites for hydroxylation is 1. The fourth-order valence-electron chi connectivity index (χ4n) is 1.98. The van der Waals surface area contributed by atoms with Crippen LogP contribution >= 0.6 is 0 Å². The SMILES string of the molecule is Cc1ccc(N)c2c1oc1ccccc12. The summed E-state index contributed by atoms with van der Waals surface area (Å²) in [6.45, 7) is 2.03. The average Bonchev–Trinajstić information content (AvgIpc) is 2.64. The Morgan fingerprint density at radius 1 is 1.07 bits per heavy atom. The summed E-state index contributed by atoms with van der Waals surface area (Å²) < 4.78 is 5.78. The molecule has 2 heteroatoms. The highest BCUT2D eigenvalue weighted by Gasteiger charge is 2.10. The number of hydrogen-bond acceptors (Lipinski definition) is 2. The van der Waals surface area contributed by atoms with Crippen molar-refractivity contribution in [2.45, 2.75) is 6.92 Å². The zero-order chi connectivity index (χ0) is 10.4. The third kappa shape index (κ3) is 1.05. The first kappa shape index (κ1) is 8.36. The van der Waals surface area contributed by atoms with Gasteiger partial charge < -0.3 is 10.2 Å². The molecule has 2 aromatic carbocycles. The predicted molar refractivity (Wildman–Crippen MR) is 62.9 cm³/mol. The van der Waals surface area contributed by atoms with Gasteiger partial charge >= 0.3 is 0 Å². The van der Waals surface area contributed by atoms with Crippen molar-refractivity contribution in [1.29, 1.82) is 0 Å². The Kier molecular flexibility index (Phi) is 1.54. The lowest BCUT2D eigenvalue weighted by atomic mass is 10.1. The second kappa shape index (κ2) is 2.76. The fraction of sp³-hybridized carbons (Fsp3) is 0.0769. The van der Waals surface area contributed by atoms with Gasteiger partial charge in [-0.05, 0) is 24.6 Å². The third-order valence-corrected chi connectivity index (χ3v) is 2.76. The van der Waals surface area contributed by atoms with Crippen molar-refractivity contribution >= 4 is 27.6 Å². The molecule has 0 spiro atoms. The quantitative estimate of drug-likeness (QED) is 0.560. The molecule has 15 heavy (non-hydrogen) atoms. The highest BCUT2D eigenvalue weighted by Crippen LogP contribution is 2.34. The van der Waals surface area contributed by atoms with Crippen LogP contribution in [0.3, 0.4) is 0 Å². The summed E-state index contributed by atoms with van der Waals surface area (Å²) in [6, 6.07) is 11.9. The molecular formula is C13H11NO. The summed E-state index contributed by atoms with van der Waals surface area (Å²) in [5.41, 5.74) is 9.67. The van der Waals surface area contributed by atoms with Gasteiger partial charge in [-0.25, -0.2) is 0 Å². The molecule has 3 aromatic rings. The molecule has 0 fully saturated rings. The van der Waals surface area contributed by atoms with Gasteiger partial charge in [0, 0.05) is 11.1 Å². The highest BCUT2D eigenvalue weighted by atomic mass is 16.3. The lowest BCUT2D eigenvalue weighted by Gasteiger charge is -1.97. The topological polar surface area (TPSA) is 39.2 Å². The maximum absolute atomic E-state index is 5.98. The van der Waals surface area contributed by atoms with E-state index in [-0.39, 0.29) is 0 Å². The van der Waals surface area contributed by atoms with Crippen LogP contribution in [0.25, 0.3) is 21.9 Å². The Labute approximate surface area is 87.3 Å². The van der Waals surface area contributed by atoms with E-state index in [1.807, 2.05) is 43.3 Å². The van der Waals surface area contributed by atoms with Gasteiger partial charge in [0.15, 0.2) is 0 Å². The van der Waals surface area contributed by atoms with E-state index in [9.17, 15) is 0 Å². The number of nitrogens with two attached hydrogens (primary N) is 1. The summed E-state index contributed by atoms with van der Waals surface area (Å²) >= 11 is 0. The largest absolute Gasteiger partial charge is 0.456 e. The molecule has 0 unspecified atom stereocenters. The van der Waals surface area contributed by atoms with Crippen molar-refractivity contribution in [3.8, 4) is 0 Å². The number of para-hydroxylation sites is 1. The summed E-state index contributed by atoms with van der Waals surface area (Å²) in [5.74, 6) is 0. The molecule has 0 aliphatic rings. The van der Waals surface area contributed by atoms with E-state index in [1.54, 1.807) is 0 Å². The molecule has 0 aliphatic heterocycles. The van der Waals surface area contributed by atoms with Crippen LogP contribution in [0.1, 0.15) is 5.56 Å². The zero-order valence-electron chi connectivity index (χ0n) is 8.45. The van der Waals surface area contributed by atoms with Gasteiger partial charge in [-0.2, -0.15) is 0 Å². The van der Waals surface area contributed by atoms with Crippen molar-refractivity contribution in [3.63, 3.8) is 0 Å². The molecule has 0 amide bonds. The van der Waals surface area contributed by atoms with Gasteiger partial charge in [0.05, 0.1) is 5.39 Å². The van der Waals surface area contributed by atoms with Crippen molar-refractivity contribution in [1.82, 2.24) is 0 Å². The molecule has 0 atom stereocenters. The van der Waals surface area contributed by atoms with Crippen LogP contribution in [-0.2, 0) is 0 Å². The minimum Gasteiger partial charge on any atom is -0.456 e. The Balaban J connectivity index is 2.66. The first-order chi connectivity index (χ1) is 7.27. The summed E-state index contributed by atoms with van der Waals surface area (Å²) in [6.07, 6.45) is 0. The standard InChI is InChI=1S/C13H11NO/c1-8-6-7-10(14)12-9-4-2-3-5-11(9)15-13(8)12/h2-7H,14H2,1H3. The molecule has 0 bridgehead atoms. The van der Waals surface area contributed by atoms with Crippen LogP contribution < -0.4 is 5.73 Å². The number of benzene rings is 2. The Hall–Kier alpha value is -1.96. The Bertz CT molecular complexity index is 652. The number of fused-ring (bicyclic) bond motifs is 3. The first-order valence-electron chi connectivity index (χ1n) is 4.93. The van der Waals surface area contributed by atoms with Crippen LogP contribution in [0.5, 0.6) is 0 Å².